The molecule has 0 saturated heterocycles. The van der Waals surface area contributed by atoms with Gasteiger partial charge in [0.2, 0.25) is 0 Å². The highest BCUT2D eigenvalue weighted by molar-refractivity contribution is 5.94. The van der Waals surface area contributed by atoms with Crippen molar-refractivity contribution in [2.24, 2.45) is 5.92 Å². The number of rotatable bonds is 6. The van der Waals surface area contributed by atoms with Crippen molar-refractivity contribution in [2.45, 2.75) is 70.3 Å². The first-order valence-corrected chi connectivity index (χ1v) is 9.39. The van der Waals surface area contributed by atoms with Crippen LogP contribution in [0.3, 0.4) is 0 Å². The van der Waals surface area contributed by atoms with Gasteiger partial charge in [-0.2, -0.15) is 13.2 Å². The normalized spacial score (nSPS) is 23.7. The number of ether oxygens (including phenoxy) is 1. The second-order valence-corrected chi connectivity index (χ2v) is 7.66. The molecular weight excluding hydrogens is 343 g/mol. The number of benzene rings is 1. The number of alkyl halides is 3. The van der Waals surface area contributed by atoms with E-state index < -0.39 is 12.8 Å². The predicted molar refractivity (Wildman–Crippen MR) is 92.8 cm³/mol. The fourth-order valence-electron chi connectivity index (χ4n) is 3.68. The van der Waals surface area contributed by atoms with Gasteiger partial charge in [0, 0.05) is 17.6 Å². The lowest BCUT2D eigenvalue weighted by molar-refractivity contribution is -0.176. The van der Waals surface area contributed by atoms with Crippen molar-refractivity contribution in [2.75, 3.05) is 6.61 Å². The quantitative estimate of drug-likeness (QED) is 0.710. The molecule has 0 bridgehead atoms. The minimum absolute atomic E-state index is 0.0508. The molecule has 2 fully saturated rings. The molecule has 6 heteroatoms. The third-order valence-electron chi connectivity index (χ3n) is 5.29. The molecule has 0 aliphatic heterocycles. The fraction of sp³-hybridized carbons (Fsp3) is 0.650. The third-order valence-corrected chi connectivity index (χ3v) is 5.29. The Morgan fingerprint density at radius 1 is 1.04 bits per heavy atom. The van der Waals surface area contributed by atoms with E-state index in [2.05, 4.69) is 16.6 Å². The topological polar surface area (TPSA) is 29.5 Å². The van der Waals surface area contributed by atoms with E-state index in [4.69, 9.17) is 0 Å². The van der Waals surface area contributed by atoms with Crippen molar-refractivity contribution in [3.8, 4) is 0 Å². The number of carbonyl (C=O) groups excluding carboxylic acids is 1. The molecule has 0 N–H and O–H groups in total. The molecule has 2 aliphatic rings. The SMILES string of the molecule is CC1CCC(N(C(=O)c2ccc(COCC(F)(F)F)cc2)C2CC2)CC1. The number of nitrogens with zero attached hydrogens (tertiary/aromatic N) is 1. The lowest BCUT2D eigenvalue weighted by atomic mass is 9.86. The summed E-state index contributed by atoms with van der Waals surface area (Å²) in [6, 6.07) is 7.44. The number of halogens is 3. The summed E-state index contributed by atoms with van der Waals surface area (Å²) in [5.41, 5.74) is 1.24. The van der Waals surface area contributed by atoms with Gasteiger partial charge in [-0.05, 0) is 62.1 Å². The molecule has 1 amide bonds. The molecule has 3 rings (SSSR count). The van der Waals surface area contributed by atoms with Gasteiger partial charge in [0.05, 0.1) is 6.61 Å². The van der Waals surface area contributed by atoms with E-state index in [-0.39, 0.29) is 12.5 Å². The number of hydrogen-bond acceptors (Lipinski definition) is 2. The van der Waals surface area contributed by atoms with Crippen molar-refractivity contribution < 1.29 is 22.7 Å². The van der Waals surface area contributed by atoms with Crippen LogP contribution in [0.15, 0.2) is 24.3 Å². The second-order valence-electron chi connectivity index (χ2n) is 7.66. The van der Waals surface area contributed by atoms with Gasteiger partial charge in [0.1, 0.15) is 6.61 Å². The molecule has 26 heavy (non-hydrogen) atoms. The van der Waals surface area contributed by atoms with E-state index in [0.29, 0.717) is 23.2 Å². The maximum atomic E-state index is 13.0. The van der Waals surface area contributed by atoms with Crippen LogP contribution in [0, 0.1) is 5.92 Å². The molecule has 0 heterocycles. The van der Waals surface area contributed by atoms with Gasteiger partial charge in [0.15, 0.2) is 0 Å². The first-order chi connectivity index (χ1) is 12.3. The highest BCUT2D eigenvalue weighted by Gasteiger charge is 2.38. The Balaban J connectivity index is 1.60. The average molecular weight is 369 g/mol. The van der Waals surface area contributed by atoms with Crippen LogP contribution in [-0.4, -0.2) is 35.7 Å². The Labute approximate surface area is 152 Å². The molecule has 1 aromatic rings. The third kappa shape index (κ3) is 5.22. The van der Waals surface area contributed by atoms with Gasteiger partial charge in [-0.1, -0.05) is 19.1 Å². The number of hydrogen-bond donors (Lipinski definition) is 0. The molecule has 0 atom stereocenters. The van der Waals surface area contributed by atoms with Crippen molar-refractivity contribution in [1.29, 1.82) is 0 Å². The zero-order valence-electron chi connectivity index (χ0n) is 15.1. The van der Waals surface area contributed by atoms with Gasteiger partial charge in [-0.25, -0.2) is 0 Å². The largest absolute Gasteiger partial charge is 0.411 e. The van der Waals surface area contributed by atoms with Crippen molar-refractivity contribution in [3.05, 3.63) is 35.4 Å². The van der Waals surface area contributed by atoms with Crippen molar-refractivity contribution in [3.63, 3.8) is 0 Å². The van der Waals surface area contributed by atoms with Gasteiger partial charge in [-0.15, -0.1) is 0 Å². The summed E-state index contributed by atoms with van der Waals surface area (Å²) in [6.07, 6.45) is 2.27. The summed E-state index contributed by atoms with van der Waals surface area (Å²) in [4.78, 5) is 15.1. The smallest absolute Gasteiger partial charge is 0.367 e. The van der Waals surface area contributed by atoms with Crippen LogP contribution in [0.4, 0.5) is 13.2 Å². The van der Waals surface area contributed by atoms with E-state index in [0.717, 1.165) is 44.4 Å². The Kier molecular flexibility index (Phi) is 5.90. The molecule has 1 aromatic carbocycles. The fourth-order valence-corrected chi connectivity index (χ4v) is 3.68. The summed E-state index contributed by atoms with van der Waals surface area (Å²) in [6.45, 7) is 0.892. The summed E-state index contributed by atoms with van der Waals surface area (Å²) in [7, 11) is 0. The molecule has 2 aliphatic carbocycles. The maximum Gasteiger partial charge on any atom is 0.411 e. The molecule has 144 valence electrons. The minimum Gasteiger partial charge on any atom is -0.367 e. The highest BCUT2D eigenvalue weighted by atomic mass is 19.4. The van der Waals surface area contributed by atoms with Crippen LogP contribution in [-0.2, 0) is 11.3 Å². The average Bonchev–Trinajstić information content (AvgIpc) is 3.41. The zero-order chi connectivity index (χ0) is 18.7. The first kappa shape index (κ1) is 19.2. The Morgan fingerprint density at radius 2 is 1.58 bits per heavy atom. The van der Waals surface area contributed by atoms with E-state index in [1.165, 1.54) is 0 Å². The van der Waals surface area contributed by atoms with Crippen molar-refractivity contribution in [1.82, 2.24) is 4.90 Å². The standard InChI is InChI=1S/C20H26F3NO2/c1-14-2-8-17(9-3-14)24(18-10-11-18)19(25)16-6-4-15(5-7-16)12-26-13-20(21,22)23/h4-7,14,17-18H,2-3,8-13H2,1H3. The lowest BCUT2D eigenvalue weighted by Crippen LogP contribution is -2.43. The molecule has 2 saturated carbocycles. The monoisotopic (exact) mass is 369 g/mol. The summed E-state index contributed by atoms with van der Waals surface area (Å²) >= 11 is 0. The van der Waals surface area contributed by atoms with Gasteiger partial charge in [-0.3, -0.25) is 4.79 Å². The van der Waals surface area contributed by atoms with E-state index in [9.17, 15) is 18.0 Å². The molecule has 0 aromatic heterocycles. The Hall–Kier alpha value is -1.56. The molecule has 0 spiro atoms. The van der Waals surface area contributed by atoms with E-state index >= 15 is 0 Å². The summed E-state index contributed by atoms with van der Waals surface area (Å²) in [5.74, 6) is 0.785. The predicted octanol–water partition coefficient (Wildman–Crippen LogP) is 4.95. The molecule has 0 radical (unpaired) electrons. The Bertz CT molecular complexity index is 602. The molecular formula is C20H26F3NO2. The second kappa shape index (κ2) is 7.99. The van der Waals surface area contributed by atoms with Gasteiger partial charge in [0.25, 0.3) is 5.91 Å². The highest BCUT2D eigenvalue weighted by Crippen LogP contribution is 2.36. The first-order valence-electron chi connectivity index (χ1n) is 9.39. The van der Waals surface area contributed by atoms with E-state index in [1.54, 1.807) is 24.3 Å². The molecule has 0 unspecified atom stereocenters. The van der Waals surface area contributed by atoms with E-state index in [1.807, 2.05) is 0 Å². The molecule has 3 nitrogen and oxygen atoms in total. The maximum absolute atomic E-state index is 13.0. The summed E-state index contributed by atoms with van der Waals surface area (Å²) < 4.78 is 41.0. The lowest BCUT2D eigenvalue weighted by Gasteiger charge is -2.36. The van der Waals surface area contributed by atoms with Crippen LogP contribution >= 0.6 is 0 Å². The van der Waals surface area contributed by atoms with Gasteiger partial charge >= 0.3 is 6.18 Å². The van der Waals surface area contributed by atoms with Crippen molar-refractivity contribution >= 4 is 5.91 Å². The Morgan fingerprint density at radius 3 is 2.08 bits per heavy atom. The van der Waals surface area contributed by atoms with Gasteiger partial charge < -0.3 is 9.64 Å². The van der Waals surface area contributed by atoms with Crippen LogP contribution in [0.25, 0.3) is 0 Å². The van der Waals surface area contributed by atoms with Crippen LogP contribution < -0.4 is 0 Å². The van der Waals surface area contributed by atoms with Crippen LogP contribution in [0.2, 0.25) is 0 Å². The zero-order valence-corrected chi connectivity index (χ0v) is 15.1. The minimum atomic E-state index is -4.32. The number of amides is 1. The number of carbonyl (C=O) groups is 1. The van der Waals surface area contributed by atoms with Crippen LogP contribution in [0.1, 0.15) is 61.4 Å². The van der Waals surface area contributed by atoms with Crippen LogP contribution in [0.5, 0.6) is 0 Å². The summed E-state index contributed by atoms with van der Waals surface area (Å²) in [5, 5.41) is 0.